The summed E-state index contributed by atoms with van der Waals surface area (Å²) in [6.07, 6.45) is 0. The summed E-state index contributed by atoms with van der Waals surface area (Å²) < 4.78 is 0. The van der Waals surface area contributed by atoms with Crippen molar-refractivity contribution >= 4 is 28.7 Å². The lowest BCUT2D eigenvalue weighted by molar-refractivity contribution is -0.120. The molecule has 8 heteroatoms. The number of benzene rings is 1. The molecule has 0 bridgehead atoms. The first-order valence-corrected chi connectivity index (χ1v) is 8.01. The Morgan fingerprint density at radius 2 is 1.92 bits per heavy atom. The van der Waals surface area contributed by atoms with E-state index in [0.717, 1.165) is 16.5 Å². The largest absolute Gasteiger partial charge is 0.351 e. The molecule has 2 aromatic rings. The molecular weight excluding hydrogens is 322 g/mol. The van der Waals surface area contributed by atoms with Crippen LogP contribution in [0.3, 0.4) is 0 Å². The van der Waals surface area contributed by atoms with Crippen LogP contribution >= 0.6 is 0 Å². The van der Waals surface area contributed by atoms with Crippen LogP contribution in [0.15, 0.2) is 24.3 Å². The van der Waals surface area contributed by atoms with E-state index in [-0.39, 0.29) is 30.9 Å². The fourth-order valence-electron chi connectivity index (χ4n) is 2.33. The van der Waals surface area contributed by atoms with Crippen LogP contribution in [0.1, 0.15) is 23.0 Å². The highest BCUT2D eigenvalue weighted by molar-refractivity contribution is 5.98. The van der Waals surface area contributed by atoms with Gasteiger partial charge in [0.25, 0.3) is 5.91 Å². The molecule has 1 aromatic carbocycles. The van der Waals surface area contributed by atoms with Crippen molar-refractivity contribution in [3.63, 3.8) is 0 Å². The summed E-state index contributed by atoms with van der Waals surface area (Å²) in [5.41, 5.74) is 2.50. The van der Waals surface area contributed by atoms with Crippen LogP contribution in [0.4, 0.5) is 4.79 Å². The van der Waals surface area contributed by atoms with Gasteiger partial charge in [0.05, 0.1) is 6.54 Å². The summed E-state index contributed by atoms with van der Waals surface area (Å²) in [7, 11) is 1.47. The Kier molecular flexibility index (Phi) is 5.99. The molecule has 2 rings (SSSR count). The highest BCUT2D eigenvalue weighted by atomic mass is 16.2. The van der Waals surface area contributed by atoms with E-state index in [1.165, 1.54) is 7.05 Å². The number of rotatable bonds is 6. The molecule has 0 aliphatic rings. The first kappa shape index (κ1) is 18.3. The Balaban J connectivity index is 1.82. The summed E-state index contributed by atoms with van der Waals surface area (Å²) >= 11 is 0. The summed E-state index contributed by atoms with van der Waals surface area (Å²) in [5.74, 6) is -0.565. The van der Waals surface area contributed by atoms with Crippen LogP contribution in [0.2, 0.25) is 0 Å². The van der Waals surface area contributed by atoms with Crippen LogP contribution in [0.25, 0.3) is 10.9 Å². The molecule has 0 spiro atoms. The van der Waals surface area contributed by atoms with Gasteiger partial charge in [-0.05, 0) is 31.5 Å². The molecule has 0 saturated heterocycles. The number of urea groups is 1. The van der Waals surface area contributed by atoms with Crippen molar-refractivity contribution in [3.05, 3.63) is 35.5 Å². The number of aromatic amines is 1. The summed E-state index contributed by atoms with van der Waals surface area (Å²) in [5, 5.41) is 11.2. The standard InChI is InChI=1S/C17H23N5O3/c1-10-4-5-12-7-14(22-13(12)6-10)16(24)19-8-11(2)21-15(23)9-20-17(25)18-3/h4-7,11,22H,8-9H2,1-3H3,(H,19,24)(H,21,23)(H2,18,20,25)/t11-/m0/s1. The Labute approximate surface area is 145 Å². The molecule has 0 radical (unpaired) electrons. The third-order valence-electron chi connectivity index (χ3n) is 3.64. The zero-order valence-electron chi connectivity index (χ0n) is 14.5. The lowest BCUT2D eigenvalue weighted by Crippen LogP contribution is -2.46. The Morgan fingerprint density at radius 3 is 2.64 bits per heavy atom. The van der Waals surface area contributed by atoms with Crippen LogP contribution in [0, 0.1) is 6.92 Å². The molecule has 0 saturated carbocycles. The average Bonchev–Trinajstić information content (AvgIpc) is 3.00. The molecule has 0 aliphatic carbocycles. The van der Waals surface area contributed by atoms with Crippen molar-refractivity contribution in [1.82, 2.24) is 26.3 Å². The van der Waals surface area contributed by atoms with E-state index in [0.29, 0.717) is 5.69 Å². The molecule has 5 N–H and O–H groups in total. The number of carbonyl (C=O) groups is 3. The van der Waals surface area contributed by atoms with E-state index in [1.807, 2.05) is 25.1 Å². The van der Waals surface area contributed by atoms with Crippen LogP contribution in [-0.2, 0) is 4.79 Å². The number of hydrogen-bond acceptors (Lipinski definition) is 3. The highest BCUT2D eigenvalue weighted by Crippen LogP contribution is 2.16. The topological polar surface area (TPSA) is 115 Å². The molecular formula is C17H23N5O3. The monoisotopic (exact) mass is 345 g/mol. The maximum absolute atomic E-state index is 12.2. The molecule has 0 aliphatic heterocycles. The van der Waals surface area contributed by atoms with Crippen molar-refractivity contribution in [3.8, 4) is 0 Å². The van der Waals surface area contributed by atoms with Crippen LogP contribution in [-0.4, -0.2) is 49.0 Å². The van der Waals surface area contributed by atoms with Gasteiger partial charge in [-0.1, -0.05) is 12.1 Å². The van der Waals surface area contributed by atoms with Crippen molar-refractivity contribution in [2.24, 2.45) is 0 Å². The van der Waals surface area contributed by atoms with Gasteiger partial charge in [-0.25, -0.2) is 4.79 Å². The first-order valence-electron chi connectivity index (χ1n) is 8.01. The van der Waals surface area contributed by atoms with Gasteiger partial charge in [0.1, 0.15) is 5.69 Å². The van der Waals surface area contributed by atoms with Gasteiger partial charge >= 0.3 is 6.03 Å². The van der Waals surface area contributed by atoms with Gasteiger partial charge in [0.15, 0.2) is 0 Å². The van der Waals surface area contributed by atoms with Gasteiger partial charge in [-0.15, -0.1) is 0 Å². The number of aryl methyl sites for hydroxylation is 1. The van der Waals surface area contributed by atoms with Crippen molar-refractivity contribution < 1.29 is 14.4 Å². The molecule has 4 amide bonds. The van der Waals surface area contributed by atoms with Crippen LogP contribution in [0.5, 0.6) is 0 Å². The minimum absolute atomic E-state index is 0.126. The number of fused-ring (bicyclic) bond motifs is 1. The fourth-order valence-corrected chi connectivity index (χ4v) is 2.33. The Hall–Kier alpha value is -3.03. The molecule has 8 nitrogen and oxygen atoms in total. The maximum atomic E-state index is 12.2. The summed E-state index contributed by atoms with van der Waals surface area (Å²) in [6, 6.07) is 7.03. The first-order chi connectivity index (χ1) is 11.9. The summed E-state index contributed by atoms with van der Waals surface area (Å²) in [4.78, 5) is 38.0. The number of hydrogen-bond donors (Lipinski definition) is 5. The molecule has 1 heterocycles. The SMILES string of the molecule is CNC(=O)NCC(=O)N[C@@H](C)CNC(=O)c1cc2ccc(C)cc2[nH]1. The average molecular weight is 345 g/mol. The van der Waals surface area contributed by atoms with E-state index >= 15 is 0 Å². The molecule has 1 atom stereocenters. The summed E-state index contributed by atoms with van der Waals surface area (Å²) in [6.45, 7) is 3.91. The molecule has 25 heavy (non-hydrogen) atoms. The molecule has 134 valence electrons. The minimum Gasteiger partial charge on any atom is -0.351 e. The normalized spacial score (nSPS) is 11.6. The van der Waals surface area contributed by atoms with Gasteiger partial charge in [-0.3, -0.25) is 9.59 Å². The quantitative estimate of drug-likeness (QED) is 0.529. The highest BCUT2D eigenvalue weighted by Gasteiger charge is 2.12. The Morgan fingerprint density at radius 1 is 1.16 bits per heavy atom. The number of carbonyl (C=O) groups excluding carboxylic acids is 3. The lowest BCUT2D eigenvalue weighted by atomic mass is 10.2. The molecule has 0 unspecified atom stereocenters. The van der Waals surface area contributed by atoms with Gasteiger partial charge < -0.3 is 26.3 Å². The molecule has 0 fully saturated rings. The predicted molar refractivity (Wildman–Crippen MR) is 95.4 cm³/mol. The third-order valence-corrected chi connectivity index (χ3v) is 3.64. The van der Waals surface area contributed by atoms with Crippen molar-refractivity contribution in [2.45, 2.75) is 19.9 Å². The minimum atomic E-state index is -0.426. The predicted octanol–water partition coefficient (Wildman–Crippen LogP) is 0.640. The van der Waals surface area contributed by atoms with Gasteiger partial charge in [0.2, 0.25) is 5.91 Å². The number of amides is 4. The van der Waals surface area contributed by atoms with E-state index in [4.69, 9.17) is 0 Å². The fraction of sp³-hybridized carbons (Fsp3) is 0.353. The van der Waals surface area contributed by atoms with E-state index in [2.05, 4.69) is 26.3 Å². The second-order valence-electron chi connectivity index (χ2n) is 5.88. The van der Waals surface area contributed by atoms with E-state index in [1.54, 1.807) is 13.0 Å². The second-order valence-corrected chi connectivity index (χ2v) is 5.88. The number of aromatic nitrogens is 1. The van der Waals surface area contributed by atoms with E-state index in [9.17, 15) is 14.4 Å². The zero-order valence-corrected chi connectivity index (χ0v) is 14.5. The number of H-pyrrole nitrogens is 1. The van der Waals surface area contributed by atoms with Crippen molar-refractivity contribution in [1.29, 1.82) is 0 Å². The third kappa shape index (κ3) is 5.23. The van der Waals surface area contributed by atoms with Crippen LogP contribution < -0.4 is 21.3 Å². The smallest absolute Gasteiger partial charge is 0.314 e. The second kappa shape index (κ2) is 8.18. The Bertz CT molecular complexity index is 784. The van der Waals surface area contributed by atoms with Gasteiger partial charge in [-0.2, -0.15) is 0 Å². The zero-order chi connectivity index (χ0) is 18.4. The molecule has 1 aromatic heterocycles. The van der Waals surface area contributed by atoms with E-state index < -0.39 is 6.03 Å². The van der Waals surface area contributed by atoms with Gasteiger partial charge in [0, 0.05) is 30.5 Å². The number of nitrogens with one attached hydrogen (secondary N) is 5. The maximum Gasteiger partial charge on any atom is 0.314 e. The van der Waals surface area contributed by atoms with Crippen molar-refractivity contribution in [2.75, 3.05) is 20.1 Å². The lowest BCUT2D eigenvalue weighted by Gasteiger charge is -2.14.